The molecule has 0 aliphatic carbocycles. The molecule has 5 nitrogen and oxygen atoms in total. The normalized spacial score (nSPS) is 10.8. The van der Waals surface area contributed by atoms with Gasteiger partial charge in [0.15, 0.2) is 0 Å². The van der Waals surface area contributed by atoms with Crippen LogP contribution in [0, 0.1) is 0 Å². The van der Waals surface area contributed by atoms with E-state index >= 15 is 0 Å². The molecule has 1 aromatic heterocycles. The zero-order chi connectivity index (χ0) is 12.7. The second-order valence-corrected chi connectivity index (χ2v) is 3.91. The predicted octanol–water partition coefficient (Wildman–Crippen LogP) is 1.99. The second kappa shape index (κ2) is 7.06. The highest BCUT2D eigenvalue weighted by atomic mass is 16.5. The van der Waals surface area contributed by atoms with E-state index in [-0.39, 0.29) is 12.1 Å². The molecule has 1 aromatic rings. The number of imidazole rings is 1. The monoisotopic (exact) mass is 239 g/mol. The summed E-state index contributed by atoms with van der Waals surface area (Å²) in [5.41, 5.74) is 0. The van der Waals surface area contributed by atoms with Crippen LogP contribution in [-0.4, -0.2) is 46.8 Å². The first-order valence-corrected chi connectivity index (χ1v) is 6.02. The first kappa shape index (κ1) is 13.7. The Bertz CT molecular complexity index is 321. The smallest absolute Gasteiger partial charge is 0.329 e. The van der Waals surface area contributed by atoms with Gasteiger partial charge in [-0.15, -0.1) is 0 Å². The van der Waals surface area contributed by atoms with Crippen LogP contribution in [0.15, 0.2) is 18.7 Å². The number of hydrogen-bond acceptors (Lipinski definition) is 3. The van der Waals surface area contributed by atoms with Crippen molar-refractivity contribution in [2.45, 2.75) is 32.7 Å². The quantitative estimate of drug-likeness (QED) is 0.762. The Kier molecular flexibility index (Phi) is 5.69. The van der Waals surface area contributed by atoms with Crippen LogP contribution in [0.25, 0.3) is 0 Å². The molecule has 0 bridgehead atoms. The standard InChI is InChI=1S/C12H21N3O2/c1-4-11(5-2)15(8-9-17-3)12(16)14-7-6-13-10-14/h6-7,10-11H,4-5,8-9H2,1-3H3. The highest BCUT2D eigenvalue weighted by Gasteiger charge is 2.21. The molecule has 1 heterocycles. The Balaban J connectivity index is 2.77. The molecule has 0 saturated carbocycles. The van der Waals surface area contributed by atoms with Crippen molar-refractivity contribution in [2.75, 3.05) is 20.3 Å². The molecule has 0 fully saturated rings. The molecule has 0 unspecified atom stereocenters. The summed E-state index contributed by atoms with van der Waals surface area (Å²) in [5.74, 6) is 0. The molecule has 5 heteroatoms. The summed E-state index contributed by atoms with van der Waals surface area (Å²) < 4.78 is 6.57. The van der Waals surface area contributed by atoms with E-state index in [9.17, 15) is 4.79 Å². The van der Waals surface area contributed by atoms with Gasteiger partial charge >= 0.3 is 6.03 Å². The minimum Gasteiger partial charge on any atom is -0.383 e. The number of methoxy groups -OCH3 is 1. The van der Waals surface area contributed by atoms with E-state index in [1.54, 1.807) is 19.5 Å². The molecule has 1 amide bonds. The first-order valence-electron chi connectivity index (χ1n) is 6.02. The number of ether oxygens (including phenoxy) is 1. The Morgan fingerprint density at radius 3 is 2.65 bits per heavy atom. The van der Waals surface area contributed by atoms with Crippen LogP contribution in [0.4, 0.5) is 4.79 Å². The highest BCUT2D eigenvalue weighted by Crippen LogP contribution is 2.10. The van der Waals surface area contributed by atoms with Gasteiger partial charge in [-0.3, -0.25) is 4.57 Å². The van der Waals surface area contributed by atoms with Gasteiger partial charge in [-0.2, -0.15) is 0 Å². The lowest BCUT2D eigenvalue weighted by atomic mass is 10.1. The number of carbonyl (C=O) groups is 1. The van der Waals surface area contributed by atoms with Crippen molar-refractivity contribution in [3.8, 4) is 0 Å². The fourth-order valence-electron chi connectivity index (χ4n) is 1.87. The van der Waals surface area contributed by atoms with E-state index in [1.807, 2.05) is 4.90 Å². The Labute approximate surface area is 102 Å². The number of amides is 1. The third kappa shape index (κ3) is 3.56. The van der Waals surface area contributed by atoms with Gasteiger partial charge in [0, 0.05) is 32.1 Å². The molecule has 0 aliphatic rings. The van der Waals surface area contributed by atoms with Gasteiger partial charge in [0.05, 0.1) is 6.61 Å². The molecule has 0 aromatic carbocycles. The van der Waals surface area contributed by atoms with E-state index in [0.29, 0.717) is 13.2 Å². The van der Waals surface area contributed by atoms with Crippen LogP contribution in [0.1, 0.15) is 26.7 Å². The van der Waals surface area contributed by atoms with Crippen LogP contribution in [0.3, 0.4) is 0 Å². The summed E-state index contributed by atoms with van der Waals surface area (Å²) in [4.78, 5) is 18.0. The van der Waals surface area contributed by atoms with E-state index in [4.69, 9.17) is 4.74 Å². The molecular formula is C12H21N3O2. The minimum absolute atomic E-state index is 0.0340. The second-order valence-electron chi connectivity index (χ2n) is 3.91. The number of hydrogen-bond donors (Lipinski definition) is 0. The van der Waals surface area contributed by atoms with Crippen molar-refractivity contribution in [1.82, 2.24) is 14.5 Å². The van der Waals surface area contributed by atoms with Gasteiger partial charge in [-0.25, -0.2) is 9.78 Å². The Morgan fingerprint density at radius 2 is 2.18 bits per heavy atom. The van der Waals surface area contributed by atoms with Crippen molar-refractivity contribution < 1.29 is 9.53 Å². The molecule has 0 aliphatic heterocycles. The maximum Gasteiger partial charge on any atom is 0.329 e. The molecule has 1 rings (SSSR count). The van der Waals surface area contributed by atoms with Crippen LogP contribution in [-0.2, 0) is 4.74 Å². The number of rotatable bonds is 6. The van der Waals surface area contributed by atoms with Crippen LogP contribution in [0.5, 0.6) is 0 Å². The van der Waals surface area contributed by atoms with Gasteiger partial charge in [0.25, 0.3) is 0 Å². The summed E-state index contributed by atoms with van der Waals surface area (Å²) in [7, 11) is 1.65. The summed E-state index contributed by atoms with van der Waals surface area (Å²) in [6.45, 7) is 5.35. The van der Waals surface area contributed by atoms with Crippen molar-refractivity contribution >= 4 is 6.03 Å². The maximum atomic E-state index is 12.3. The molecule has 0 atom stereocenters. The predicted molar refractivity (Wildman–Crippen MR) is 66.0 cm³/mol. The summed E-state index contributed by atoms with van der Waals surface area (Å²) in [6.07, 6.45) is 6.70. The SMILES string of the molecule is CCC(CC)N(CCOC)C(=O)n1ccnc1. The average Bonchev–Trinajstić information content (AvgIpc) is 2.87. The molecule has 0 saturated heterocycles. The zero-order valence-electron chi connectivity index (χ0n) is 10.8. The number of nitrogens with zero attached hydrogens (tertiary/aromatic N) is 3. The van der Waals surface area contributed by atoms with Crippen LogP contribution >= 0.6 is 0 Å². The lowest BCUT2D eigenvalue weighted by molar-refractivity contribution is 0.126. The topological polar surface area (TPSA) is 47.4 Å². The molecule has 96 valence electrons. The molecule has 17 heavy (non-hydrogen) atoms. The number of carbonyl (C=O) groups excluding carboxylic acids is 1. The fraction of sp³-hybridized carbons (Fsp3) is 0.667. The Morgan fingerprint density at radius 1 is 1.47 bits per heavy atom. The summed E-state index contributed by atoms with van der Waals surface area (Å²) >= 11 is 0. The van der Waals surface area contributed by atoms with E-state index < -0.39 is 0 Å². The van der Waals surface area contributed by atoms with Gasteiger partial charge in [-0.1, -0.05) is 13.8 Å². The molecule has 0 N–H and O–H groups in total. The molecule has 0 radical (unpaired) electrons. The van der Waals surface area contributed by atoms with Gasteiger partial charge in [0.1, 0.15) is 6.33 Å². The molecule has 0 spiro atoms. The van der Waals surface area contributed by atoms with Crippen molar-refractivity contribution in [2.24, 2.45) is 0 Å². The lowest BCUT2D eigenvalue weighted by Crippen LogP contribution is -2.43. The zero-order valence-corrected chi connectivity index (χ0v) is 10.8. The summed E-state index contributed by atoms with van der Waals surface area (Å²) in [5, 5.41) is 0. The van der Waals surface area contributed by atoms with Crippen LogP contribution < -0.4 is 0 Å². The number of aromatic nitrogens is 2. The fourth-order valence-corrected chi connectivity index (χ4v) is 1.87. The van der Waals surface area contributed by atoms with Gasteiger partial charge in [-0.05, 0) is 12.8 Å². The maximum absolute atomic E-state index is 12.3. The lowest BCUT2D eigenvalue weighted by Gasteiger charge is -2.30. The van der Waals surface area contributed by atoms with Crippen molar-refractivity contribution in [3.63, 3.8) is 0 Å². The van der Waals surface area contributed by atoms with Gasteiger partial charge in [0.2, 0.25) is 0 Å². The van der Waals surface area contributed by atoms with E-state index in [0.717, 1.165) is 12.8 Å². The van der Waals surface area contributed by atoms with E-state index in [1.165, 1.54) is 10.9 Å². The largest absolute Gasteiger partial charge is 0.383 e. The highest BCUT2D eigenvalue weighted by molar-refractivity contribution is 5.77. The van der Waals surface area contributed by atoms with Crippen LogP contribution in [0.2, 0.25) is 0 Å². The van der Waals surface area contributed by atoms with Crippen molar-refractivity contribution in [3.05, 3.63) is 18.7 Å². The average molecular weight is 239 g/mol. The van der Waals surface area contributed by atoms with Crippen molar-refractivity contribution in [1.29, 1.82) is 0 Å². The third-order valence-electron chi connectivity index (χ3n) is 2.89. The van der Waals surface area contributed by atoms with Gasteiger partial charge < -0.3 is 9.64 Å². The minimum atomic E-state index is -0.0340. The molecular weight excluding hydrogens is 218 g/mol. The third-order valence-corrected chi connectivity index (χ3v) is 2.89. The first-order chi connectivity index (χ1) is 8.24. The Hall–Kier alpha value is -1.36. The summed E-state index contributed by atoms with van der Waals surface area (Å²) in [6, 6.07) is 0.216. The van der Waals surface area contributed by atoms with E-state index in [2.05, 4.69) is 18.8 Å².